The number of carbonyl (C=O) groups excluding carboxylic acids is 1. The zero-order chi connectivity index (χ0) is 17.1. The van der Waals surface area contributed by atoms with Gasteiger partial charge in [-0.25, -0.2) is 4.39 Å². The van der Waals surface area contributed by atoms with E-state index in [0.29, 0.717) is 12.2 Å². The quantitative estimate of drug-likeness (QED) is 0.853. The average Bonchev–Trinajstić information content (AvgIpc) is 2.61. The lowest BCUT2D eigenvalue weighted by atomic mass is 10.0. The van der Waals surface area contributed by atoms with Crippen LogP contribution in [0.15, 0.2) is 48.5 Å². The summed E-state index contributed by atoms with van der Waals surface area (Å²) in [6.45, 7) is 2.94. The molecule has 1 aliphatic heterocycles. The number of rotatable bonds is 4. The van der Waals surface area contributed by atoms with E-state index >= 15 is 0 Å². The topological polar surface area (TPSA) is 23.6 Å². The van der Waals surface area contributed by atoms with Crippen LogP contribution >= 0.6 is 0 Å². The van der Waals surface area contributed by atoms with Crippen molar-refractivity contribution in [2.45, 2.75) is 25.8 Å². The van der Waals surface area contributed by atoms with Crippen molar-refractivity contribution in [1.82, 2.24) is 4.90 Å². The van der Waals surface area contributed by atoms with Gasteiger partial charge in [0, 0.05) is 13.6 Å². The highest BCUT2D eigenvalue weighted by Gasteiger charge is 2.25. The number of amides is 1. The van der Waals surface area contributed by atoms with Crippen molar-refractivity contribution >= 4 is 11.6 Å². The van der Waals surface area contributed by atoms with Crippen LogP contribution in [0.25, 0.3) is 0 Å². The van der Waals surface area contributed by atoms with Crippen LogP contribution in [0.4, 0.5) is 10.1 Å². The molecular weight excluding hydrogens is 303 g/mol. The molecule has 0 N–H and O–H groups in total. The average molecular weight is 326 g/mol. The summed E-state index contributed by atoms with van der Waals surface area (Å²) in [5, 5.41) is 0. The molecule has 2 aromatic carbocycles. The summed E-state index contributed by atoms with van der Waals surface area (Å²) in [5.41, 5.74) is 2.68. The summed E-state index contributed by atoms with van der Waals surface area (Å²) in [6.07, 6.45) is 1.82. The number of halogens is 1. The van der Waals surface area contributed by atoms with E-state index in [1.54, 1.807) is 11.0 Å². The summed E-state index contributed by atoms with van der Waals surface area (Å²) in [6, 6.07) is 15.1. The lowest BCUT2D eigenvalue weighted by Gasteiger charge is -2.33. The van der Waals surface area contributed by atoms with Crippen molar-refractivity contribution in [2.24, 2.45) is 0 Å². The normalized spacial score (nSPS) is 14.9. The second-order valence-corrected chi connectivity index (χ2v) is 6.36. The molecule has 0 saturated carbocycles. The van der Waals surface area contributed by atoms with Gasteiger partial charge in [0.2, 0.25) is 5.91 Å². The third-order valence-electron chi connectivity index (χ3n) is 4.84. The fraction of sp³-hybridized carbons (Fsp3) is 0.350. The molecule has 4 heteroatoms. The molecule has 0 aliphatic carbocycles. The number of hydrogen-bond donors (Lipinski definition) is 0. The molecule has 1 aliphatic rings. The maximum Gasteiger partial charge on any atom is 0.242 e. The van der Waals surface area contributed by atoms with Gasteiger partial charge in [-0.3, -0.25) is 4.79 Å². The Morgan fingerprint density at radius 1 is 1.21 bits per heavy atom. The number of fused-ring (bicyclic) bond motifs is 1. The van der Waals surface area contributed by atoms with E-state index in [2.05, 4.69) is 0 Å². The molecule has 1 unspecified atom stereocenters. The van der Waals surface area contributed by atoms with E-state index in [-0.39, 0.29) is 24.3 Å². The largest absolute Gasteiger partial charge is 0.360 e. The monoisotopic (exact) mass is 326 g/mol. The first kappa shape index (κ1) is 16.5. The SMILES string of the molecule is CC(c1ccccc1)N(C)C(=O)CN1CCCc2cccc(F)c21. The molecule has 3 nitrogen and oxygen atoms in total. The molecule has 0 spiro atoms. The number of benzene rings is 2. The van der Waals surface area contributed by atoms with Gasteiger partial charge in [-0.2, -0.15) is 0 Å². The Morgan fingerprint density at radius 2 is 1.96 bits per heavy atom. The molecule has 3 rings (SSSR count). The first-order valence-corrected chi connectivity index (χ1v) is 8.41. The van der Waals surface area contributed by atoms with Crippen LogP contribution in [0.1, 0.15) is 30.5 Å². The highest BCUT2D eigenvalue weighted by Crippen LogP contribution is 2.30. The summed E-state index contributed by atoms with van der Waals surface area (Å²) in [4.78, 5) is 16.3. The van der Waals surface area contributed by atoms with Crippen molar-refractivity contribution in [1.29, 1.82) is 0 Å². The molecule has 0 bridgehead atoms. The third kappa shape index (κ3) is 3.28. The minimum atomic E-state index is -0.237. The van der Waals surface area contributed by atoms with Gasteiger partial charge in [0.15, 0.2) is 0 Å². The van der Waals surface area contributed by atoms with Gasteiger partial charge in [0.25, 0.3) is 0 Å². The second kappa shape index (κ2) is 7.04. The summed E-state index contributed by atoms with van der Waals surface area (Å²) in [7, 11) is 1.81. The van der Waals surface area contributed by atoms with Crippen LogP contribution < -0.4 is 4.90 Å². The molecule has 24 heavy (non-hydrogen) atoms. The molecule has 1 amide bonds. The second-order valence-electron chi connectivity index (χ2n) is 6.36. The Bertz CT molecular complexity index is 717. The van der Waals surface area contributed by atoms with E-state index in [0.717, 1.165) is 24.0 Å². The number of nitrogens with zero attached hydrogens (tertiary/aromatic N) is 2. The van der Waals surface area contributed by atoms with Crippen molar-refractivity contribution in [3.63, 3.8) is 0 Å². The number of para-hydroxylation sites is 1. The van der Waals surface area contributed by atoms with Crippen molar-refractivity contribution < 1.29 is 9.18 Å². The van der Waals surface area contributed by atoms with E-state index in [1.165, 1.54) is 6.07 Å². The molecule has 1 heterocycles. The van der Waals surface area contributed by atoms with E-state index in [4.69, 9.17) is 0 Å². The fourth-order valence-corrected chi connectivity index (χ4v) is 3.29. The Morgan fingerprint density at radius 3 is 2.71 bits per heavy atom. The smallest absolute Gasteiger partial charge is 0.242 e. The molecule has 2 aromatic rings. The Balaban J connectivity index is 1.74. The van der Waals surface area contributed by atoms with Gasteiger partial charge in [-0.05, 0) is 37.0 Å². The maximum atomic E-state index is 14.2. The number of anilines is 1. The highest BCUT2D eigenvalue weighted by molar-refractivity contribution is 5.82. The van der Waals surface area contributed by atoms with Crippen molar-refractivity contribution in [3.8, 4) is 0 Å². The number of carbonyl (C=O) groups is 1. The van der Waals surface area contributed by atoms with Gasteiger partial charge >= 0.3 is 0 Å². The molecule has 0 saturated heterocycles. The zero-order valence-electron chi connectivity index (χ0n) is 14.2. The predicted octanol–water partition coefficient (Wildman–Crippen LogP) is 3.80. The van der Waals surface area contributed by atoms with Gasteiger partial charge in [0.05, 0.1) is 18.3 Å². The third-order valence-corrected chi connectivity index (χ3v) is 4.84. The zero-order valence-corrected chi connectivity index (χ0v) is 14.2. The van der Waals surface area contributed by atoms with Gasteiger partial charge in [-0.15, -0.1) is 0 Å². The Kier molecular flexibility index (Phi) is 4.84. The molecule has 0 fully saturated rings. The van der Waals surface area contributed by atoms with Crippen molar-refractivity contribution in [2.75, 3.05) is 25.0 Å². The minimum Gasteiger partial charge on any atom is -0.360 e. The number of aryl methyl sites for hydroxylation is 1. The number of likely N-dealkylation sites (N-methyl/N-ethyl adjacent to an activating group) is 1. The Hall–Kier alpha value is -2.36. The fourth-order valence-electron chi connectivity index (χ4n) is 3.29. The van der Waals surface area contributed by atoms with Crippen LogP contribution in [0.2, 0.25) is 0 Å². The Labute approximate surface area is 142 Å². The van der Waals surface area contributed by atoms with Crippen LogP contribution in [0.3, 0.4) is 0 Å². The van der Waals surface area contributed by atoms with E-state index < -0.39 is 0 Å². The first-order valence-electron chi connectivity index (χ1n) is 8.41. The van der Waals surface area contributed by atoms with Gasteiger partial charge in [0.1, 0.15) is 5.82 Å². The molecule has 0 aromatic heterocycles. The molecule has 126 valence electrons. The van der Waals surface area contributed by atoms with Gasteiger partial charge < -0.3 is 9.80 Å². The van der Waals surface area contributed by atoms with Crippen molar-refractivity contribution in [3.05, 3.63) is 65.5 Å². The van der Waals surface area contributed by atoms with Crippen LogP contribution in [-0.2, 0) is 11.2 Å². The minimum absolute atomic E-state index is 0.00227. The summed E-state index contributed by atoms with van der Waals surface area (Å²) >= 11 is 0. The van der Waals surface area contributed by atoms with E-state index in [9.17, 15) is 9.18 Å². The lowest BCUT2D eigenvalue weighted by molar-refractivity contribution is -0.130. The molecular formula is C20H23FN2O. The summed E-state index contributed by atoms with van der Waals surface area (Å²) in [5.74, 6) is -0.235. The number of hydrogen-bond acceptors (Lipinski definition) is 2. The lowest BCUT2D eigenvalue weighted by Crippen LogP contribution is -2.42. The van der Waals surface area contributed by atoms with Crippen LogP contribution in [-0.4, -0.2) is 30.9 Å². The first-order chi connectivity index (χ1) is 11.6. The maximum absolute atomic E-state index is 14.2. The van der Waals surface area contributed by atoms with Crippen LogP contribution in [0, 0.1) is 5.82 Å². The summed E-state index contributed by atoms with van der Waals surface area (Å²) < 4.78 is 14.2. The van der Waals surface area contributed by atoms with Crippen LogP contribution in [0.5, 0.6) is 0 Å². The van der Waals surface area contributed by atoms with E-state index in [1.807, 2.05) is 55.3 Å². The predicted molar refractivity (Wildman–Crippen MR) is 94.6 cm³/mol. The molecule has 0 radical (unpaired) electrons. The highest BCUT2D eigenvalue weighted by atomic mass is 19.1. The van der Waals surface area contributed by atoms with Gasteiger partial charge in [-0.1, -0.05) is 42.5 Å². The molecule has 1 atom stereocenters. The standard InChI is InChI=1S/C20H23FN2O/c1-15(16-8-4-3-5-9-16)22(2)19(24)14-23-13-7-11-17-10-6-12-18(21)20(17)23/h3-6,8-10,12,15H,7,11,13-14H2,1-2H3.